The Morgan fingerprint density at radius 2 is 1.31 bits per heavy atom. The van der Waals surface area contributed by atoms with E-state index < -0.39 is 24.1 Å². The minimum atomic E-state index is -0.728. The molecule has 0 aromatic heterocycles. The van der Waals surface area contributed by atoms with Crippen molar-refractivity contribution >= 4 is 35.5 Å². The number of aryl methyl sites for hydroxylation is 1. The SMILES string of the molecule is C=CC(=O)OCCOC(=O)Nc1ccc(NC(=O)OCCOC(=O)C=C)c(C)c1. The number of hydrogen-bond donors (Lipinski definition) is 2. The van der Waals surface area contributed by atoms with Crippen molar-refractivity contribution in [2.75, 3.05) is 37.1 Å². The zero-order valence-electron chi connectivity index (χ0n) is 15.9. The number of carbonyl (C=O) groups excluding carboxylic acids is 4. The molecule has 0 radical (unpaired) electrons. The molecule has 10 heteroatoms. The van der Waals surface area contributed by atoms with Gasteiger partial charge in [0.1, 0.15) is 26.4 Å². The van der Waals surface area contributed by atoms with Crippen molar-refractivity contribution in [2.24, 2.45) is 0 Å². The third kappa shape index (κ3) is 9.61. The molecule has 1 rings (SSSR count). The van der Waals surface area contributed by atoms with Crippen LogP contribution >= 0.6 is 0 Å². The molecule has 1 aromatic rings. The van der Waals surface area contributed by atoms with E-state index in [2.05, 4.69) is 33.3 Å². The van der Waals surface area contributed by atoms with Crippen LogP contribution in [0.4, 0.5) is 21.0 Å². The molecule has 0 spiro atoms. The number of hydrogen-bond acceptors (Lipinski definition) is 8. The maximum absolute atomic E-state index is 11.7. The average Bonchev–Trinajstić information content (AvgIpc) is 2.70. The zero-order chi connectivity index (χ0) is 21.6. The summed E-state index contributed by atoms with van der Waals surface area (Å²) in [6.07, 6.45) is 0.559. The van der Waals surface area contributed by atoms with Crippen LogP contribution in [0, 0.1) is 6.92 Å². The van der Waals surface area contributed by atoms with Gasteiger partial charge in [-0.15, -0.1) is 0 Å². The fraction of sp³-hybridized carbons (Fsp3) is 0.263. The van der Waals surface area contributed by atoms with Gasteiger partial charge in [-0.1, -0.05) is 13.2 Å². The summed E-state index contributed by atoms with van der Waals surface area (Å²) in [7, 11) is 0. The molecule has 2 N–H and O–H groups in total. The fourth-order valence-corrected chi connectivity index (χ4v) is 1.85. The summed E-state index contributed by atoms with van der Waals surface area (Å²) in [6.45, 7) is 7.80. The molecule has 0 aliphatic rings. The Morgan fingerprint density at radius 1 is 0.828 bits per heavy atom. The Labute approximate surface area is 167 Å². The Bertz CT molecular complexity index is 775. The first-order valence-corrected chi connectivity index (χ1v) is 8.42. The van der Waals surface area contributed by atoms with Crippen LogP contribution in [0.1, 0.15) is 5.56 Å². The minimum absolute atomic E-state index is 0.0882. The average molecular weight is 406 g/mol. The molecule has 0 atom stereocenters. The van der Waals surface area contributed by atoms with Crippen molar-refractivity contribution in [2.45, 2.75) is 6.92 Å². The number of ether oxygens (including phenoxy) is 4. The summed E-state index contributed by atoms with van der Waals surface area (Å²) in [4.78, 5) is 45.1. The summed E-state index contributed by atoms with van der Waals surface area (Å²) < 4.78 is 19.1. The first kappa shape index (κ1) is 23.2. The maximum atomic E-state index is 11.7. The molecule has 0 heterocycles. The van der Waals surface area contributed by atoms with Gasteiger partial charge in [-0.05, 0) is 30.7 Å². The highest BCUT2D eigenvalue weighted by Crippen LogP contribution is 2.20. The Kier molecular flexibility index (Phi) is 10.0. The predicted molar refractivity (Wildman–Crippen MR) is 103 cm³/mol. The highest BCUT2D eigenvalue weighted by atomic mass is 16.6. The molecule has 0 saturated carbocycles. The first-order chi connectivity index (χ1) is 13.8. The number of esters is 2. The lowest BCUT2D eigenvalue weighted by atomic mass is 10.2. The van der Waals surface area contributed by atoms with E-state index >= 15 is 0 Å². The lowest BCUT2D eigenvalue weighted by molar-refractivity contribution is -0.139. The topological polar surface area (TPSA) is 129 Å². The third-order valence-corrected chi connectivity index (χ3v) is 3.16. The molecule has 0 fully saturated rings. The molecule has 0 saturated heterocycles. The van der Waals surface area contributed by atoms with E-state index in [9.17, 15) is 19.2 Å². The molecule has 0 bridgehead atoms. The molecule has 0 aliphatic carbocycles. The summed E-state index contributed by atoms with van der Waals surface area (Å²) in [5.41, 5.74) is 1.55. The summed E-state index contributed by atoms with van der Waals surface area (Å²) in [5.74, 6) is -1.21. The van der Waals surface area contributed by atoms with Crippen molar-refractivity contribution in [1.82, 2.24) is 0 Å². The van der Waals surface area contributed by atoms with E-state index in [0.29, 0.717) is 16.9 Å². The molecule has 2 amide bonds. The Hall–Kier alpha value is -3.82. The highest BCUT2D eigenvalue weighted by Gasteiger charge is 2.09. The molecule has 1 aromatic carbocycles. The van der Waals surface area contributed by atoms with Crippen molar-refractivity contribution in [3.8, 4) is 0 Å². The van der Waals surface area contributed by atoms with E-state index in [0.717, 1.165) is 12.2 Å². The van der Waals surface area contributed by atoms with Gasteiger partial charge in [0.25, 0.3) is 0 Å². The van der Waals surface area contributed by atoms with Gasteiger partial charge < -0.3 is 18.9 Å². The van der Waals surface area contributed by atoms with Crippen molar-refractivity contribution < 1.29 is 38.1 Å². The normalized spacial score (nSPS) is 9.55. The van der Waals surface area contributed by atoms with Crippen LogP contribution in [0.25, 0.3) is 0 Å². The lowest BCUT2D eigenvalue weighted by Crippen LogP contribution is -2.19. The van der Waals surface area contributed by atoms with E-state index in [1.54, 1.807) is 25.1 Å². The smallest absolute Gasteiger partial charge is 0.411 e. The standard InChI is InChI=1S/C19H22N2O8/c1-4-16(22)26-8-10-28-18(24)20-14-6-7-15(13(3)12-14)21-19(25)29-11-9-27-17(23)5-2/h4-7,12H,1-2,8-11H2,3H3,(H,20,24)(H,21,25). The third-order valence-electron chi connectivity index (χ3n) is 3.16. The zero-order valence-corrected chi connectivity index (χ0v) is 15.9. The summed E-state index contributed by atoms with van der Waals surface area (Å²) >= 11 is 0. The number of amides is 2. The Balaban J connectivity index is 2.40. The van der Waals surface area contributed by atoms with E-state index in [1.165, 1.54) is 0 Å². The van der Waals surface area contributed by atoms with Gasteiger partial charge in [0.2, 0.25) is 0 Å². The number of carbonyl (C=O) groups is 4. The van der Waals surface area contributed by atoms with Gasteiger partial charge in [-0.2, -0.15) is 0 Å². The molecule has 0 aliphatic heterocycles. The maximum Gasteiger partial charge on any atom is 0.411 e. The first-order valence-electron chi connectivity index (χ1n) is 8.42. The molecule has 10 nitrogen and oxygen atoms in total. The lowest BCUT2D eigenvalue weighted by Gasteiger charge is -2.12. The molecule has 156 valence electrons. The van der Waals surface area contributed by atoms with Gasteiger partial charge in [0.05, 0.1) is 0 Å². The second kappa shape index (κ2) is 12.5. The number of benzene rings is 1. The van der Waals surface area contributed by atoms with Crippen LogP contribution in [-0.2, 0) is 28.5 Å². The van der Waals surface area contributed by atoms with Gasteiger partial charge in [0.15, 0.2) is 0 Å². The van der Waals surface area contributed by atoms with Crippen molar-refractivity contribution in [1.29, 1.82) is 0 Å². The fourth-order valence-electron chi connectivity index (χ4n) is 1.85. The number of nitrogens with one attached hydrogen (secondary N) is 2. The van der Waals surface area contributed by atoms with Crippen molar-refractivity contribution in [3.63, 3.8) is 0 Å². The van der Waals surface area contributed by atoms with Gasteiger partial charge >= 0.3 is 24.1 Å². The van der Waals surface area contributed by atoms with E-state index in [4.69, 9.17) is 9.47 Å². The van der Waals surface area contributed by atoms with Crippen LogP contribution in [-0.4, -0.2) is 50.6 Å². The Morgan fingerprint density at radius 3 is 1.79 bits per heavy atom. The number of anilines is 2. The molecular formula is C19H22N2O8. The molecule has 0 unspecified atom stereocenters. The largest absolute Gasteiger partial charge is 0.459 e. The van der Waals surface area contributed by atoms with Crippen LogP contribution < -0.4 is 10.6 Å². The van der Waals surface area contributed by atoms with Crippen LogP contribution in [0.5, 0.6) is 0 Å². The van der Waals surface area contributed by atoms with Gasteiger partial charge in [0, 0.05) is 23.5 Å². The van der Waals surface area contributed by atoms with E-state index in [1.807, 2.05) is 0 Å². The number of rotatable bonds is 10. The van der Waals surface area contributed by atoms with Gasteiger partial charge in [-0.3, -0.25) is 10.6 Å². The highest BCUT2D eigenvalue weighted by molar-refractivity contribution is 5.88. The minimum Gasteiger partial charge on any atom is -0.459 e. The molecule has 29 heavy (non-hydrogen) atoms. The quantitative estimate of drug-likeness (QED) is 0.262. The molecular weight excluding hydrogens is 384 g/mol. The van der Waals surface area contributed by atoms with Crippen LogP contribution in [0.3, 0.4) is 0 Å². The second-order valence-corrected chi connectivity index (χ2v) is 5.29. The van der Waals surface area contributed by atoms with Crippen molar-refractivity contribution in [3.05, 3.63) is 49.1 Å². The van der Waals surface area contributed by atoms with Crippen LogP contribution in [0.15, 0.2) is 43.5 Å². The van der Waals surface area contributed by atoms with Crippen LogP contribution in [0.2, 0.25) is 0 Å². The summed E-state index contributed by atoms with van der Waals surface area (Å²) in [6, 6.07) is 4.73. The van der Waals surface area contributed by atoms with Gasteiger partial charge in [-0.25, -0.2) is 19.2 Å². The monoisotopic (exact) mass is 406 g/mol. The summed E-state index contributed by atoms with van der Waals surface area (Å²) in [5, 5.41) is 5.03. The second-order valence-electron chi connectivity index (χ2n) is 5.29. The predicted octanol–water partition coefficient (Wildman–Crippen LogP) is 2.55. The van der Waals surface area contributed by atoms with E-state index in [-0.39, 0.29) is 26.4 Å².